The molecule has 1 rings (SSSR count). The van der Waals surface area contributed by atoms with Crippen molar-refractivity contribution in [2.24, 2.45) is 0 Å². The number of halogens is 4. The molecule has 0 spiro atoms. The van der Waals surface area contributed by atoms with Crippen LogP contribution >= 0.6 is 15.9 Å². The minimum Gasteiger partial charge on any atom is -0.359 e. The van der Waals surface area contributed by atoms with Crippen LogP contribution in [0.2, 0.25) is 0 Å². The molecule has 0 amide bonds. The molecule has 3 nitrogen and oxygen atoms in total. The van der Waals surface area contributed by atoms with E-state index in [-0.39, 0.29) is 6.54 Å². The lowest BCUT2D eigenvalue weighted by Crippen LogP contribution is -2.28. The zero-order valence-electron chi connectivity index (χ0n) is 11.8. The summed E-state index contributed by atoms with van der Waals surface area (Å²) in [5.74, 6) is 0.575. The van der Waals surface area contributed by atoms with Gasteiger partial charge in [0.1, 0.15) is 5.82 Å². The predicted molar refractivity (Wildman–Crippen MR) is 77.9 cm³/mol. The average molecular weight is 354 g/mol. The fourth-order valence-electron chi connectivity index (χ4n) is 1.66. The van der Waals surface area contributed by atoms with E-state index in [9.17, 15) is 13.2 Å². The molecule has 1 aromatic rings. The van der Waals surface area contributed by atoms with Crippen molar-refractivity contribution in [2.45, 2.75) is 39.0 Å². The Morgan fingerprint density at radius 3 is 2.60 bits per heavy atom. The van der Waals surface area contributed by atoms with Crippen molar-refractivity contribution >= 4 is 21.7 Å². The maximum Gasteiger partial charge on any atom is 0.390 e. The van der Waals surface area contributed by atoms with Crippen LogP contribution in [0.25, 0.3) is 0 Å². The zero-order valence-corrected chi connectivity index (χ0v) is 13.3. The summed E-state index contributed by atoms with van der Waals surface area (Å²) in [6.45, 7) is 4.49. The second-order valence-electron chi connectivity index (χ2n) is 4.96. The Kier molecular flexibility index (Phi) is 6.26. The smallest absolute Gasteiger partial charge is 0.359 e. The van der Waals surface area contributed by atoms with E-state index >= 15 is 0 Å². The summed E-state index contributed by atoms with van der Waals surface area (Å²) in [4.78, 5) is 5.77. The molecule has 7 heteroatoms. The highest BCUT2D eigenvalue weighted by molar-refractivity contribution is 9.10. The van der Waals surface area contributed by atoms with Crippen molar-refractivity contribution in [2.75, 3.05) is 18.5 Å². The number of hydrogen-bond donors (Lipinski definition) is 1. The first kappa shape index (κ1) is 17.2. The third-order valence-corrected chi connectivity index (χ3v) is 3.14. The quantitative estimate of drug-likeness (QED) is 0.844. The normalized spacial score (nSPS) is 12.0. The molecule has 0 aliphatic carbocycles. The molecule has 0 fully saturated rings. The zero-order chi connectivity index (χ0) is 15.3. The fraction of sp³-hybridized carbons (Fsp3) is 0.615. The summed E-state index contributed by atoms with van der Waals surface area (Å²) in [5.41, 5.74) is 0.873. The number of alkyl halides is 3. The lowest BCUT2D eigenvalue weighted by Gasteiger charge is -2.22. The minimum absolute atomic E-state index is 0.104. The summed E-state index contributed by atoms with van der Waals surface area (Å²) in [6.07, 6.45) is -3.41. The second kappa shape index (κ2) is 7.26. The van der Waals surface area contributed by atoms with E-state index in [1.807, 2.05) is 19.9 Å². The van der Waals surface area contributed by atoms with Crippen LogP contribution in [0.15, 0.2) is 16.7 Å². The van der Waals surface area contributed by atoms with Gasteiger partial charge in [0, 0.05) is 42.4 Å². The van der Waals surface area contributed by atoms with E-state index in [1.165, 1.54) is 4.90 Å². The molecule has 1 heterocycles. The molecule has 20 heavy (non-hydrogen) atoms. The van der Waals surface area contributed by atoms with Crippen LogP contribution in [0.4, 0.5) is 19.0 Å². The van der Waals surface area contributed by atoms with E-state index in [0.29, 0.717) is 18.4 Å². The van der Waals surface area contributed by atoms with Crippen molar-refractivity contribution in [3.63, 3.8) is 0 Å². The van der Waals surface area contributed by atoms with Gasteiger partial charge in [-0.2, -0.15) is 13.2 Å². The van der Waals surface area contributed by atoms with Gasteiger partial charge in [-0.3, -0.25) is 0 Å². The van der Waals surface area contributed by atoms with Gasteiger partial charge >= 0.3 is 6.18 Å². The van der Waals surface area contributed by atoms with Crippen molar-refractivity contribution < 1.29 is 13.2 Å². The van der Waals surface area contributed by atoms with Crippen LogP contribution in [-0.4, -0.2) is 30.8 Å². The number of nitrogens with zero attached hydrogens (tertiary/aromatic N) is 2. The highest BCUT2D eigenvalue weighted by Gasteiger charge is 2.27. The van der Waals surface area contributed by atoms with E-state index in [0.717, 1.165) is 10.0 Å². The summed E-state index contributed by atoms with van der Waals surface area (Å²) < 4.78 is 37.7. The summed E-state index contributed by atoms with van der Waals surface area (Å²) >= 11 is 3.33. The Labute approximate surface area is 125 Å². The second-order valence-corrected chi connectivity index (χ2v) is 5.87. The highest BCUT2D eigenvalue weighted by Crippen LogP contribution is 2.24. The maximum absolute atomic E-state index is 12.3. The molecule has 0 unspecified atom stereocenters. The fourth-order valence-corrected chi connectivity index (χ4v) is 2.04. The molecule has 1 N–H and O–H groups in total. The number of hydrogen-bond acceptors (Lipinski definition) is 3. The average Bonchev–Trinajstić information content (AvgIpc) is 2.32. The summed E-state index contributed by atoms with van der Waals surface area (Å²) in [6, 6.07) is 2.17. The van der Waals surface area contributed by atoms with E-state index < -0.39 is 12.6 Å². The Hall–Kier alpha value is -0.820. The summed E-state index contributed by atoms with van der Waals surface area (Å²) in [7, 11) is 1.63. The van der Waals surface area contributed by atoms with Crippen LogP contribution in [0, 0.1) is 0 Å². The first-order valence-electron chi connectivity index (χ1n) is 6.34. The largest absolute Gasteiger partial charge is 0.390 e. The van der Waals surface area contributed by atoms with Crippen molar-refractivity contribution in [3.8, 4) is 0 Å². The van der Waals surface area contributed by atoms with Crippen LogP contribution in [0.1, 0.15) is 25.8 Å². The van der Waals surface area contributed by atoms with Crippen molar-refractivity contribution in [1.82, 2.24) is 10.3 Å². The van der Waals surface area contributed by atoms with Gasteiger partial charge in [-0.25, -0.2) is 4.98 Å². The first-order valence-corrected chi connectivity index (χ1v) is 7.14. The van der Waals surface area contributed by atoms with E-state index in [1.54, 1.807) is 13.2 Å². The molecular weight excluding hydrogens is 335 g/mol. The third-order valence-electron chi connectivity index (χ3n) is 2.70. The predicted octanol–water partition coefficient (Wildman–Crippen LogP) is 3.73. The molecule has 0 atom stereocenters. The number of aromatic nitrogens is 1. The standard InChI is InChI=1S/C13H19BrF3N3/c1-9(2)18-7-10-6-11(14)8-19-12(10)20(3)5-4-13(15,16)17/h6,8-9,18H,4-5,7H2,1-3H3. The first-order chi connectivity index (χ1) is 9.19. The number of anilines is 1. The molecule has 0 saturated heterocycles. The Morgan fingerprint density at radius 2 is 2.05 bits per heavy atom. The van der Waals surface area contributed by atoms with Gasteiger partial charge in [-0.05, 0) is 22.0 Å². The van der Waals surface area contributed by atoms with Crippen molar-refractivity contribution in [1.29, 1.82) is 0 Å². The third kappa shape index (κ3) is 6.09. The van der Waals surface area contributed by atoms with E-state index in [2.05, 4.69) is 26.2 Å². The Bertz CT molecular complexity index is 435. The van der Waals surface area contributed by atoms with E-state index in [4.69, 9.17) is 0 Å². The monoisotopic (exact) mass is 353 g/mol. The van der Waals surface area contributed by atoms with Crippen LogP contribution in [-0.2, 0) is 6.54 Å². The van der Waals surface area contributed by atoms with Gasteiger partial charge in [0.25, 0.3) is 0 Å². The Morgan fingerprint density at radius 1 is 1.40 bits per heavy atom. The molecule has 0 radical (unpaired) electrons. The molecule has 0 bridgehead atoms. The van der Waals surface area contributed by atoms with Crippen molar-refractivity contribution in [3.05, 3.63) is 22.3 Å². The molecule has 0 saturated carbocycles. The summed E-state index contributed by atoms with van der Waals surface area (Å²) in [5, 5.41) is 3.25. The molecule has 0 aromatic carbocycles. The van der Waals surface area contributed by atoms with Gasteiger partial charge in [0.05, 0.1) is 6.42 Å². The lowest BCUT2D eigenvalue weighted by molar-refractivity contribution is -0.132. The number of nitrogens with one attached hydrogen (secondary N) is 1. The SMILES string of the molecule is CC(C)NCc1cc(Br)cnc1N(C)CCC(F)(F)F. The van der Waals surface area contributed by atoms with Gasteiger partial charge in [-0.15, -0.1) is 0 Å². The minimum atomic E-state index is -4.15. The molecule has 114 valence electrons. The lowest BCUT2D eigenvalue weighted by atomic mass is 10.2. The number of pyridine rings is 1. The molecular formula is C13H19BrF3N3. The molecule has 0 aliphatic rings. The van der Waals surface area contributed by atoms with Crippen LogP contribution < -0.4 is 10.2 Å². The molecule has 0 aliphatic heterocycles. The van der Waals surface area contributed by atoms with Gasteiger partial charge < -0.3 is 10.2 Å². The van der Waals surface area contributed by atoms with Crippen LogP contribution in [0.3, 0.4) is 0 Å². The highest BCUT2D eigenvalue weighted by atomic mass is 79.9. The van der Waals surface area contributed by atoms with Gasteiger partial charge in [0.15, 0.2) is 0 Å². The Balaban J connectivity index is 2.81. The molecule has 1 aromatic heterocycles. The van der Waals surface area contributed by atoms with Crippen LogP contribution in [0.5, 0.6) is 0 Å². The maximum atomic E-state index is 12.3. The van der Waals surface area contributed by atoms with Gasteiger partial charge in [0.2, 0.25) is 0 Å². The topological polar surface area (TPSA) is 28.2 Å². The number of rotatable bonds is 6. The van der Waals surface area contributed by atoms with Gasteiger partial charge in [-0.1, -0.05) is 13.8 Å².